The zero-order valence-corrected chi connectivity index (χ0v) is 22.9. The standard InChI is InChI=1S/C22H41O11P/c1-11-29-34(25,30-12-2)14-16(24)18(31-20(3,4)26-9)19(33-21(5,6)27-10)17-15(23)13-28-22(7,8)32-17/h17-19H,11-14H2,1-10H3/t17-,18+,19+/m1/s1. The van der Waals surface area contributed by atoms with Gasteiger partial charge in [0.2, 0.25) is 0 Å². The molecule has 200 valence electrons. The summed E-state index contributed by atoms with van der Waals surface area (Å²) in [6, 6.07) is 0. The molecular weight excluding hydrogens is 471 g/mol. The normalized spacial score (nSPS) is 21.4. The van der Waals surface area contributed by atoms with E-state index in [0.717, 1.165) is 0 Å². The van der Waals surface area contributed by atoms with Gasteiger partial charge in [-0.05, 0) is 55.4 Å². The molecular formula is C22H41O11P. The molecule has 0 aliphatic carbocycles. The van der Waals surface area contributed by atoms with E-state index in [1.54, 1.807) is 55.4 Å². The molecule has 0 radical (unpaired) electrons. The molecule has 1 fully saturated rings. The molecule has 3 atom stereocenters. The number of methoxy groups -OCH3 is 2. The Hall–Kier alpha value is -0.750. The highest BCUT2D eigenvalue weighted by Crippen LogP contribution is 2.48. The van der Waals surface area contributed by atoms with Crippen molar-refractivity contribution in [3.63, 3.8) is 0 Å². The minimum Gasteiger partial charge on any atom is -0.354 e. The Balaban J connectivity index is 3.53. The molecule has 1 aliphatic heterocycles. The number of hydrogen-bond acceptors (Lipinski definition) is 11. The van der Waals surface area contributed by atoms with Gasteiger partial charge < -0.3 is 37.5 Å². The van der Waals surface area contributed by atoms with Gasteiger partial charge in [-0.3, -0.25) is 14.2 Å². The lowest BCUT2D eigenvalue weighted by Gasteiger charge is -2.43. The van der Waals surface area contributed by atoms with Gasteiger partial charge >= 0.3 is 7.60 Å². The molecule has 0 spiro atoms. The van der Waals surface area contributed by atoms with E-state index in [9.17, 15) is 14.2 Å². The first-order chi connectivity index (χ1) is 15.5. The molecule has 1 saturated heterocycles. The predicted molar refractivity (Wildman–Crippen MR) is 123 cm³/mol. The van der Waals surface area contributed by atoms with Crippen LogP contribution in [0, 0.1) is 0 Å². The molecule has 1 heterocycles. The summed E-state index contributed by atoms with van der Waals surface area (Å²) in [4.78, 5) is 26.5. The lowest BCUT2D eigenvalue weighted by molar-refractivity contribution is -0.322. The fourth-order valence-corrected chi connectivity index (χ4v) is 4.72. The van der Waals surface area contributed by atoms with Crippen molar-refractivity contribution in [3.05, 3.63) is 0 Å². The van der Waals surface area contributed by atoms with Crippen molar-refractivity contribution >= 4 is 19.2 Å². The second kappa shape index (κ2) is 12.5. The lowest BCUT2D eigenvalue weighted by atomic mass is 9.99. The Morgan fingerprint density at radius 3 is 2.03 bits per heavy atom. The Morgan fingerprint density at radius 1 is 1.06 bits per heavy atom. The highest BCUT2D eigenvalue weighted by molar-refractivity contribution is 7.54. The maximum absolute atomic E-state index is 13.6. The van der Waals surface area contributed by atoms with E-state index >= 15 is 0 Å². The van der Waals surface area contributed by atoms with Crippen LogP contribution in [0.25, 0.3) is 0 Å². The van der Waals surface area contributed by atoms with Crippen LogP contribution in [0.3, 0.4) is 0 Å². The highest BCUT2D eigenvalue weighted by Gasteiger charge is 2.50. The predicted octanol–water partition coefficient (Wildman–Crippen LogP) is 3.08. The van der Waals surface area contributed by atoms with Gasteiger partial charge in [0.1, 0.15) is 25.0 Å². The Bertz CT molecular complexity index is 724. The van der Waals surface area contributed by atoms with E-state index in [0.29, 0.717) is 0 Å². The Kier molecular flexibility index (Phi) is 11.5. The molecule has 0 aromatic rings. The van der Waals surface area contributed by atoms with Crippen LogP contribution in [0.15, 0.2) is 0 Å². The average Bonchev–Trinajstić information content (AvgIpc) is 2.72. The summed E-state index contributed by atoms with van der Waals surface area (Å²) in [5.41, 5.74) is 0. The van der Waals surface area contributed by atoms with E-state index in [1.807, 2.05) is 0 Å². The van der Waals surface area contributed by atoms with Gasteiger partial charge in [-0.25, -0.2) is 0 Å². The van der Waals surface area contributed by atoms with E-state index < -0.39 is 61.0 Å². The molecule has 1 aliphatic rings. The average molecular weight is 513 g/mol. The highest BCUT2D eigenvalue weighted by atomic mass is 31.2. The number of carbonyl (C=O) groups excluding carboxylic acids is 2. The summed E-state index contributed by atoms with van der Waals surface area (Å²) in [7, 11) is -0.966. The van der Waals surface area contributed by atoms with Gasteiger partial charge in [-0.1, -0.05) is 0 Å². The van der Waals surface area contributed by atoms with Crippen LogP contribution in [-0.2, 0) is 51.6 Å². The molecule has 1 rings (SSSR count). The van der Waals surface area contributed by atoms with Crippen LogP contribution in [-0.4, -0.2) is 87.4 Å². The van der Waals surface area contributed by atoms with Gasteiger partial charge in [-0.2, -0.15) is 0 Å². The van der Waals surface area contributed by atoms with Crippen LogP contribution in [0.1, 0.15) is 55.4 Å². The van der Waals surface area contributed by atoms with Crippen molar-refractivity contribution in [2.45, 2.75) is 91.1 Å². The van der Waals surface area contributed by atoms with E-state index in [1.165, 1.54) is 14.2 Å². The van der Waals surface area contributed by atoms with Crippen molar-refractivity contribution < 1.29 is 51.6 Å². The molecule has 12 heteroatoms. The van der Waals surface area contributed by atoms with E-state index in [-0.39, 0.29) is 19.8 Å². The number of hydrogen-bond donors (Lipinski definition) is 0. The second-order valence-corrected chi connectivity index (χ2v) is 11.1. The molecule has 0 aromatic heterocycles. The first-order valence-electron chi connectivity index (χ1n) is 11.3. The van der Waals surface area contributed by atoms with Crippen molar-refractivity contribution in [2.75, 3.05) is 40.2 Å². The van der Waals surface area contributed by atoms with E-state index in [2.05, 4.69) is 0 Å². The molecule has 0 N–H and O–H groups in total. The first-order valence-corrected chi connectivity index (χ1v) is 13.0. The minimum absolute atomic E-state index is 0.0754. The number of carbonyl (C=O) groups is 2. The van der Waals surface area contributed by atoms with Crippen LogP contribution in [0.4, 0.5) is 0 Å². The molecule has 0 saturated carbocycles. The summed E-state index contributed by atoms with van der Waals surface area (Å²) in [6.07, 6.45) is -4.61. The summed E-state index contributed by atoms with van der Waals surface area (Å²) in [5.74, 6) is -4.77. The number of Topliss-reactive ketones (excluding diaryl/α,β-unsaturated/α-hetero) is 2. The van der Waals surface area contributed by atoms with Crippen LogP contribution in [0.5, 0.6) is 0 Å². The third-order valence-corrected chi connectivity index (χ3v) is 7.02. The second-order valence-electron chi connectivity index (χ2n) is 9.09. The Morgan fingerprint density at radius 2 is 1.56 bits per heavy atom. The molecule has 0 unspecified atom stereocenters. The van der Waals surface area contributed by atoms with Gasteiger partial charge in [0.25, 0.3) is 0 Å². The van der Waals surface area contributed by atoms with Gasteiger partial charge in [-0.15, -0.1) is 0 Å². The molecule has 0 amide bonds. The van der Waals surface area contributed by atoms with Crippen molar-refractivity contribution in [3.8, 4) is 0 Å². The summed E-state index contributed by atoms with van der Waals surface area (Å²) in [5, 5.41) is 0. The van der Waals surface area contributed by atoms with E-state index in [4.69, 9.17) is 37.5 Å². The Labute approximate surface area is 202 Å². The summed E-state index contributed by atoms with van der Waals surface area (Å²) < 4.78 is 57.9. The van der Waals surface area contributed by atoms with Gasteiger partial charge in [0, 0.05) is 14.2 Å². The lowest BCUT2D eigenvalue weighted by Crippen LogP contribution is -2.60. The first kappa shape index (κ1) is 31.3. The molecule has 34 heavy (non-hydrogen) atoms. The summed E-state index contributed by atoms with van der Waals surface area (Å²) in [6.45, 7) is 12.9. The van der Waals surface area contributed by atoms with Crippen LogP contribution in [0.2, 0.25) is 0 Å². The molecule has 0 aromatic carbocycles. The third-order valence-electron chi connectivity index (χ3n) is 5.02. The third kappa shape index (κ3) is 9.37. The van der Waals surface area contributed by atoms with Crippen molar-refractivity contribution in [1.82, 2.24) is 0 Å². The fourth-order valence-electron chi connectivity index (χ4n) is 3.11. The van der Waals surface area contributed by atoms with Gasteiger partial charge in [0.15, 0.2) is 35.0 Å². The SMILES string of the molecule is CCOP(=O)(CC(=O)[C@H](OC(C)(C)OC)[C@@H](OC(C)(C)OC)[C@@H]1OC(C)(C)OCC1=O)OCC. The monoisotopic (exact) mass is 512 g/mol. The zero-order chi connectivity index (χ0) is 26.4. The van der Waals surface area contributed by atoms with Crippen LogP contribution >= 0.6 is 7.60 Å². The topological polar surface area (TPSA) is 125 Å². The van der Waals surface area contributed by atoms with Crippen LogP contribution < -0.4 is 0 Å². The van der Waals surface area contributed by atoms with Gasteiger partial charge in [0.05, 0.1) is 13.2 Å². The fraction of sp³-hybridized carbons (Fsp3) is 0.909. The number of ether oxygens (including phenoxy) is 6. The minimum atomic E-state index is -3.79. The smallest absolute Gasteiger partial charge is 0.338 e. The maximum Gasteiger partial charge on any atom is 0.338 e. The summed E-state index contributed by atoms with van der Waals surface area (Å²) >= 11 is 0. The quantitative estimate of drug-likeness (QED) is 0.237. The number of rotatable bonds is 15. The maximum atomic E-state index is 13.6. The molecule has 0 bridgehead atoms. The van der Waals surface area contributed by atoms with Crippen molar-refractivity contribution in [2.24, 2.45) is 0 Å². The zero-order valence-electron chi connectivity index (χ0n) is 22.0. The largest absolute Gasteiger partial charge is 0.354 e. The number of ketones is 2. The molecule has 11 nitrogen and oxygen atoms in total. The van der Waals surface area contributed by atoms with Crippen molar-refractivity contribution in [1.29, 1.82) is 0 Å².